The number of rotatable bonds is 7. The number of pyridine rings is 1. The number of hydrogen-bond acceptors (Lipinski definition) is 6. The van der Waals surface area contributed by atoms with Gasteiger partial charge in [0.15, 0.2) is 23.0 Å². The summed E-state index contributed by atoms with van der Waals surface area (Å²) in [6.07, 6.45) is 4.03. The van der Waals surface area contributed by atoms with Crippen LogP contribution < -0.4 is 18.9 Å². The van der Waals surface area contributed by atoms with Gasteiger partial charge in [-0.1, -0.05) is 6.07 Å². The molecule has 0 spiro atoms. The zero-order chi connectivity index (χ0) is 19.4. The maximum Gasteiger partial charge on any atom is 0.203 e. The number of aromatic hydroxyl groups is 1. The van der Waals surface area contributed by atoms with Crippen LogP contribution in [0.4, 0.5) is 0 Å². The summed E-state index contributed by atoms with van der Waals surface area (Å²) in [5.41, 5.74) is 1.95. The topological polar surface area (TPSA) is 70.0 Å². The number of benzene rings is 2. The quantitative estimate of drug-likeness (QED) is 0.680. The van der Waals surface area contributed by atoms with E-state index in [0.29, 0.717) is 41.4 Å². The van der Waals surface area contributed by atoms with E-state index in [9.17, 15) is 5.11 Å². The highest BCUT2D eigenvalue weighted by atomic mass is 16.5. The van der Waals surface area contributed by atoms with E-state index in [1.165, 1.54) is 0 Å². The van der Waals surface area contributed by atoms with Gasteiger partial charge in [0.2, 0.25) is 5.75 Å². The lowest BCUT2D eigenvalue weighted by Crippen LogP contribution is -1.99. The molecule has 0 saturated carbocycles. The van der Waals surface area contributed by atoms with Crippen LogP contribution in [0, 0.1) is 0 Å². The smallest absolute Gasteiger partial charge is 0.203 e. The van der Waals surface area contributed by atoms with Crippen molar-refractivity contribution in [1.82, 2.24) is 4.98 Å². The van der Waals surface area contributed by atoms with Crippen molar-refractivity contribution in [2.45, 2.75) is 13.3 Å². The summed E-state index contributed by atoms with van der Waals surface area (Å²) in [6, 6.07) is 7.54. The minimum absolute atomic E-state index is 0.105. The van der Waals surface area contributed by atoms with E-state index in [-0.39, 0.29) is 5.75 Å². The number of phenols is 1. The van der Waals surface area contributed by atoms with Gasteiger partial charge >= 0.3 is 0 Å². The molecule has 0 saturated heterocycles. The summed E-state index contributed by atoms with van der Waals surface area (Å²) in [5, 5.41) is 12.1. The monoisotopic (exact) mass is 369 g/mol. The number of methoxy groups -OCH3 is 3. The Kier molecular flexibility index (Phi) is 5.54. The Balaban J connectivity index is 2.06. The van der Waals surface area contributed by atoms with Crippen molar-refractivity contribution in [3.05, 3.63) is 47.8 Å². The van der Waals surface area contributed by atoms with Gasteiger partial charge in [-0.25, -0.2) is 0 Å². The number of nitrogens with zero attached hydrogens (tertiary/aromatic N) is 1. The first-order valence-electron chi connectivity index (χ1n) is 8.63. The van der Waals surface area contributed by atoms with Crippen LogP contribution >= 0.6 is 0 Å². The van der Waals surface area contributed by atoms with Gasteiger partial charge in [-0.15, -0.1) is 0 Å². The molecule has 3 aromatic rings. The fourth-order valence-electron chi connectivity index (χ4n) is 3.14. The van der Waals surface area contributed by atoms with Crippen LogP contribution in [-0.2, 0) is 6.42 Å². The van der Waals surface area contributed by atoms with Gasteiger partial charge in [0.25, 0.3) is 0 Å². The normalized spacial score (nSPS) is 10.7. The fourth-order valence-corrected chi connectivity index (χ4v) is 3.14. The first-order valence-corrected chi connectivity index (χ1v) is 8.63. The predicted octanol–water partition coefficient (Wildman–Crippen LogP) is 3.96. The number of fused-ring (bicyclic) bond motifs is 1. The van der Waals surface area contributed by atoms with Crippen LogP contribution in [0.1, 0.15) is 18.1 Å². The van der Waals surface area contributed by atoms with Crippen LogP contribution in [0.25, 0.3) is 10.8 Å². The molecule has 0 amide bonds. The second-order valence-electron chi connectivity index (χ2n) is 5.95. The first kappa shape index (κ1) is 18.6. The lowest BCUT2D eigenvalue weighted by atomic mass is 9.99. The first-order chi connectivity index (χ1) is 13.1. The Morgan fingerprint density at radius 3 is 2.19 bits per heavy atom. The lowest BCUT2D eigenvalue weighted by molar-refractivity contribution is 0.320. The van der Waals surface area contributed by atoms with Crippen LogP contribution in [0.3, 0.4) is 0 Å². The molecule has 1 N–H and O–H groups in total. The largest absolute Gasteiger partial charge is 0.504 e. The third-order valence-electron chi connectivity index (χ3n) is 4.38. The van der Waals surface area contributed by atoms with Crippen molar-refractivity contribution in [2.24, 2.45) is 0 Å². The van der Waals surface area contributed by atoms with E-state index in [2.05, 4.69) is 4.98 Å². The molecule has 27 heavy (non-hydrogen) atoms. The van der Waals surface area contributed by atoms with Crippen molar-refractivity contribution < 1.29 is 24.1 Å². The highest BCUT2D eigenvalue weighted by Gasteiger charge is 2.15. The second kappa shape index (κ2) is 8.03. The molecular weight excluding hydrogens is 346 g/mol. The van der Waals surface area contributed by atoms with Crippen LogP contribution in [0.15, 0.2) is 36.7 Å². The highest BCUT2D eigenvalue weighted by molar-refractivity contribution is 5.92. The van der Waals surface area contributed by atoms with Crippen molar-refractivity contribution in [1.29, 1.82) is 0 Å². The Morgan fingerprint density at radius 2 is 1.59 bits per heavy atom. The summed E-state index contributed by atoms with van der Waals surface area (Å²) >= 11 is 0. The molecule has 6 nitrogen and oxygen atoms in total. The van der Waals surface area contributed by atoms with Crippen molar-refractivity contribution in [3.63, 3.8) is 0 Å². The van der Waals surface area contributed by atoms with E-state index in [1.54, 1.807) is 39.8 Å². The molecule has 0 aliphatic rings. The van der Waals surface area contributed by atoms with Gasteiger partial charge in [-0.05, 0) is 48.1 Å². The van der Waals surface area contributed by atoms with E-state index in [1.807, 2.05) is 25.1 Å². The molecule has 0 atom stereocenters. The van der Waals surface area contributed by atoms with Gasteiger partial charge in [-0.3, -0.25) is 4.98 Å². The second-order valence-corrected chi connectivity index (χ2v) is 5.95. The lowest BCUT2D eigenvalue weighted by Gasteiger charge is -2.15. The third kappa shape index (κ3) is 3.56. The zero-order valence-corrected chi connectivity index (χ0v) is 15.9. The minimum atomic E-state index is 0.105. The van der Waals surface area contributed by atoms with Gasteiger partial charge in [0.05, 0.1) is 27.9 Å². The van der Waals surface area contributed by atoms with Gasteiger partial charge in [-0.2, -0.15) is 0 Å². The Hall–Kier alpha value is -3.15. The Bertz CT molecular complexity index is 930. The Morgan fingerprint density at radius 1 is 0.889 bits per heavy atom. The predicted molar refractivity (Wildman–Crippen MR) is 103 cm³/mol. The average molecular weight is 369 g/mol. The molecule has 142 valence electrons. The summed E-state index contributed by atoms with van der Waals surface area (Å²) in [5.74, 6) is 2.31. The van der Waals surface area contributed by atoms with E-state index in [4.69, 9.17) is 18.9 Å². The molecule has 2 aromatic carbocycles. The van der Waals surface area contributed by atoms with E-state index < -0.39 is 0 Å². The maximum atomic E-state index is 10.5. The van der Waals surface area contributed by atoms with E-state index in [0.717, 1.165) is 16.5 Å². The van der Waals surface area contributed by atoms with Crippen molar-refractivity contribution in [3.8, 4) is 28.7 Å². The molecule has 1 aromatic heterocycles. The molecule has 1 heterocycles. The number of ether oxygens (including phenoxy) is 4. The van der Waals surface area contributed by atoms with Crippen LogP contribution in [0.2, 0.25) is 0 Å². The summed E-state index contributed by atoms with van der Waals surface area (Å²) in [7, 11) is 4.76. The van der Waals surface area contributed by atoms with Crippen LogP contribution in [0.5, 0.6) is 28.7 Å². The zero-order valence-electron chi connectivity index (χ0n) is 15.9. The molecule has 6 heteroatoms. The molecular formula is C21H23NO5. The van der Waals surface area contributed by atoms with Crippen molar-refractivity contribution >= 4 is 10.8 Å². The fraction of sp³-hybridized carbons (Fsp3) is 0.286. The number of aromatic nitrogens is 1. The standard InChI is InChI=1S/C21H23NO5/c1-5-27-17-7-6-15-14(11-22-12-16(15)20(17)23)8-13-9-18(24-2)21(26-4)19(10-13)25-3/h6-7,9-12,23H,5,8H2,1-4H3. The molecule has 3 rings (SSSR count). The molecule has 0 aliphatic heterocycles. The highest BCUT2D eigenvalue weighted by Crippen LogP contribution is 2.40. The third-order valence-corrected chi connectivity index (χ3v) is 4.38. The van der Waals surface area contributed by atoms with E-state index >= 15 is 0 Å². The minimum Gasteiger partial charge on any atom is -0.504 e. The summed E-state index contributed by atoms with van der Waals surface area (Å²) < 4.78 is 21.7. The molecule has 0 fully saturated rings. The number of phenolic OH excluding ortho intramolecular Hbond substituents is 1. The van der Waals surface area contributed by atoms with Gasteiger partial charge in [0.1, 0.15) is 0 Å². The summed E-state index contributed by atoms with van der Waals surface area (Å²) in [4.78, 5) is 4.29. The average Bonchev–Trinajstić information content (AvgIpc) is 2.69. The molecule has 0 unspecified atom stereocenters. The maximum absolute atomic E-state index is 10.5. The van der Waals surface area contributed by atoms with Gasteiger partial charge < -0.3 is 24.1 Å². The molecule has 0 aliphatic carbocycles. The summed E-state index contributed by atoms with van der Waals surface area (Å²) in [6.45, 7) is 2.36. The van der Waals surface area contributed by atoms with Crippen LogP contribution in [-0.4, -0.2) is 38.0 Å². The van der Waals surface area contributed by atoms with Gasteiger partial charge in [0, 0.05) is 17.8 Å². The SMILES string of the molecule is CCOc1ccc2c(Cc3cc(OC)c(OC)c(OC)c3)cncc2c1O. The van der Waals surface area contributed by atoms with Crippen molar-refractivity contribution in [2.75, 3.05) is 27.9 Å². The molecule has 0 radical (unpaired) electrons. The molecule has 0 bridgehead atoms. The number of hydrogen-bond donors (Lipinski definition) is 1. The Labute approximate surface area is 158 Å².